The Hall–Kier alpha value is -3.32. The Morgan fingerprint density at radius 3 is 2.23 bits per heavy atom. The van der Waals surface area contributed by atoms with Crippen LogP contribution in [-0.2, 0) is 0 Å². The van der Waals surface area contributed by atoms with Crippen molar-refractivity contribution in [1.29, 1.82) is 0 Å². The van der Waals surface area contributed by atoms with Crippen molar-refractivity contribution in [3.05, 3.63) is 122 Å². The minimum atomic E-state index is 0.978. The predicted molar refractivity (Wildman–Crippen MR) is 117 cm³/mol. The number of rotatable bonds is 8. The molecule has 0 fully saturated rings. The molecular weight excluding hydrogens is 314 g/mol. The number of anilines is 1. The highest BCUT2D eigenvalue weighted by atomic mass is 14.9. The van der Waals surface area contributed by atoms with E-state index in [9.17, 15) is 0 Å². The maximum absolute atomic E-state index is 3.94. The lowest BCUT2D eigenvalue weighted by Gasteiger charge is -2.13. The van der Waals surface area contributed by atoms with Gasteiger partial charge in [-0.2, -0.15) is 0 Å². The van der Waals surface area contributed by atoms with Crippen LogP contribution in [0.4, 0.5) is 5.69 Å². The van der Waals surface area contributed by atoms with Crippen LogP contribution < -0.4 is 5.32 Å². The molecule has 0 atom stereocenters. The highest BCUT2D eigenvalue weighted by Gasteiger charge is 2.06. The molecule has 2 aromatic rings. The lowest BCUT2D eigenvalue weighted by atomic mass is 9.97. The number of benzene rings is 2. The van der Waals surface area contributed by atoms with E-state index in [4.69, 9.17) is 0 Å². The molecule has 1 N–H and O–H groups in total. The van der Waals surface area contributed by atoms with Gasteiger partial charge in [0.15, 0.2) is 0 Å². The standard InChI is InChI=1S/C25H25N/c1-5-12-20(8-4)22-17-23(21-15-10-9-11-16-21)19-25(18-22)26-24(13-6-2)14-7-3/h5-19,26H,1-2,4H2,3H3/b14-7-,20-12+,24-13+. The van der Waals surface area contributed by atoms with Crippen molar-refractivity contribution in [1.82, 2.24) is 0 Å². The summed E-state index contributed by atoms with van der Waals surface area (Å²) in [6.45, 7) is 13.5. The molecule has 0 unspecified atom stereocenters. The topological polar surface area (TPSA) is 12.0 Å². The molecule has 0 heterocycles. The summed E-state index contributed by atoms with van der Waals surface area (Å²) in [7, 11) is 0. The Labute approximate surface area is 157 Å². The third-order valence-electron chi connectivity index (χ3n) is 3.82. The van der Waals surface area contributed by atoms with Crippen LogP contribution in [0.3, 0.4) is 0 Å². The van der Waals surface area contributed by atoms with Crippen LogP contribution in [0.5, 0.6) is 0 Å². The van der Waals surface area contributed by atoms with Crippen molar-refractivity contribution in [3.63, 3.8) is 0 Å². The molecule has 0 aliphatic rings. The first-order valence-corrected chi connectivity index (χ1v) is 8.60. The zero-order valence-corrected chi connectivity index (χ0v) is 15.3. The molecule has 0 spiro atoms. The molecular formula is C25H25N. The molecule has 0 saturated carbocycles. The lowest BCUT2D eigenvalue weighted by molar-refractivity contribution is 1.45. The molecule has 0 aliphatic heterocycles. The van der Waals surface area contributed by atoms with E-state index >= 15 is 0 Å². The number of hydrogen-bond donors (Lipinski definition) is 1. The molecule has 0 aliphatic carbocycles. The van der Waals surface area contributed by atoms with Crippen LogP contribution in [0.1, 0.15) is 12.5 Å². The maximum atomic E-state index is 3.94. The van der Waals surface area contributed by atoms with Crippen LogP contribution in [0.15, 0.2) is 116 Å². The molecule has 26 heavy (non-hydrogen) atoms. The van der Waals surface area contributed by atoms with Gasteiger partial charge in [-0.15, -0.1) is 0 Å². The first-order chi connectivity index (χ1) is 12.7. The summed E-state index contributed by atoms with van der Waals surface area (Å²) >= 11 is 0. The van der Waals surface area contributed by atoms with Gasteiger partial charge in [0.05, 0.1) is 0 Å². The normalized spacial score (nSPS) is 12.0. The average molecular weight is 339 g/mol. The quantitative estimate of drug-likeness (QED) is 0.503. The fraction of sp³-hybridized carbons (Fsp3) is 0.0400. The van der Waals surface area contributed by atoms with Gasteiger partial charge in [0, 0.05) is 11.4 Å². The van der Waals surface area contributed by atoms with Gasteiger partial charge in [0.1, 0.15) is 0 Å². The molecule has 0 amide bonds. The van der Waals surface area contributed by atoms with Gasteiger partial charge >= 0.3 is 0 Å². The average Bonchev–Trinajstić information content (AvgIpc) is 2.67. The Balaban J connectivity index is 2.58. The minimum Gasteiger partial charge on any atom is -0.356 e. The summed E-state index contributed by atoms with van der Waals surface area (Å²) in [6.07, 6.45) is 13.3. The van der Waals surface area contributed by atoms with E-state index < -0.39 is 0 Å². The highest BCUT2D eigenvalue weighted by molar-refractivity contribution is 5.81. The van der Waals surface area contributed by atoms with E-state index in [1.165, 1.54) is 5.56 Å². The van der Waals surface area contributed by atoms with Gasteiger partial charge in [0.2, 0.25) is 0 Å². The van der Waals surface area contributed by atoms with Crippen molar-refractivity contribution in [2.24, 2.45) is 0 Å². The van der Waals surface area contributed by atoms with E-state index in [1.54, 1.807) is 12.2 Å². The summed E-state index contributed by atoms with van der Waals surface area (Å²) in [4.78, 5) is 0. The SMILES string of the molecule is C=C/C=C(\C=C/C)Nc1cc(/C(C=C)=C/C=C)cc(-c2ccccc2)c1. The molecule has 1 nitrogen and oxygen atoms in total. The molecule has 1 heteroatoms. The Morgan fingerprint density at radius 1 is 0.885 bits per heavy atom. The molecule has 0 radical (unpaired) electrons. The highest BCUT2D eigenvalue weighted by Crippen LogP contribution is 2.29. The second-order valence-corrected chi connectivity index (χ2v) is 5.71. The minimum absolute atomic E-state index is 0.978. The third-order valence-corrected chi connectivity index (χ3v) is 3.82. The van der Waals surface area contributed by atoms with Crippen LogP contribution in [-0.4, -0.2) is 0 Å². The van der Waals surface area contributed by atoms with Gasteiger partial charge < -0.3 is 5.32 Å². The van der Waals surface area contributed by atoms with Gasteiger partial charge in [0.25, 0.3) is 0 Å². The summed E-state index contributed by atoms with van der Waals surface area (Å²) in [6, 6.07) is 16.8. The fourth-order valence-electron chi connectivity index (χ4n) is 2.68. The summed E-state index contributed by atoms with van der Waals surface area (Å²) in [5, 5.41) is 3.47. The van der Waals surface area contributed by atoms with Crippen LogP contribution >= 0.6 is 0 Å². The molecule has 0 bridgehead atoms. The van der Waals surface area contributed by atoms with Gasteiger partial charge in [-0.3, -0.25) is 0 Å². The molecule has 2 rings (SSSR count). The predicted octanol–water partition coefficient (Wildman–Crippen LogP) is 7.17. The van der Waals surface area contributed by atoms with Crippen molar-refractivity contribution >= 4 is 11.3 Å². The first kappa shape index (κ1) is 19.0. The molecule has 130 valence electrons. The smallest absolute Gasteiger partial charge is 0.0396 e. The zero-order chi connectivity index (χ0) is 18.8. The van der Waals surface area contributed by atoms with Gasteiger partial charge in [-0.1, -0.05) is 80.4 Å². The Kier molecular flexibility index (Phi) is 7.20. The first-order valence-electron chi connectivity index (χ1n) is 8.60. The zero-order valence-electron chi connectivity index (χ0n) is 15.3. The summed E-state index contributed by atoms with van der Waals surface area (Å²) < 4.78 is 0. The molecule has 0 saturated heterocycles. The molecule has 2 aromatic carbocycles. The Bertz CT molecular complexity index is 864. The number of hydrogen-bond acceptors (Lipinski definition) is 1. The van der Waals surface area contributed by atoms with Crippen molar-refractivity contribution < 1.29 is 0 Å². The van der Waals surface area contributed by atoms with Crippen molar-refractivity contribution in [2.75, 3.05) is 5.32 Å². The number of allylic oxidation sites excluding steroid dienone is 8. The van der Waals surface area contributed by atoms with Gasteiger partial charge in [-0.05, 0) is 59.5 Å². The van der Waals surface area contributed by atoms with Crippen LogP contribution in [0.2, 0.25) is 0 Å². The van der Waals surface area contributed by atoms with Crippen molar-refractivity contribution in [2.45, 2.75) is 6.92 Å². The van der Waals surface area contributed by atoms with Crippen LogP contribution in [0, 0.1) is 0 Å². The van der Waals surface area contributed by atoms with Gasteiger partial charge in [-0.25, -0.2) is 0 Å². The third kappa shape index (κ3) is 5.09. The number of nitrogens with one attached hydrogen (secondary N) is 1. The van der Waals surface area contributed by atoms with Crippen molar-refractivity contribution in [3.8, 4) is 11.1 Å². The Morgan fingerprint density at radius 2 is 1.62 bits per heavy atom. The van der Waals surface area contributed by atoms with Crippen LogP contribution in [0.25, 0.3) is 16.7 Å². The largest absolute Gasteiger partial charge is 0.356 e. The van der Waals surface area contributed by atoms with E-state index in [1.807, 2.05) is 55.5 Å². The molecule has 0 aromatic heterocycles. The van der Waals surface area contributed by atoms with E-state index in [0.29, 0.717) is 0 Å². The summed E-state index contributed by atoms with van der Waals surface area (Å²) in [5.41, 5.74) is 6.40. The van der Waals surface area contributed by atoms with E-state index in [2.05, 4.69) is 55.4 Å². The van der Waals surface area contributed by atoms with E-state index in [0.717, 1.165) is 28.1 Å². The maximum Gasteiger partial charge on any atom is 0.0396 e. The fourth-order valence-corrected chi connectivity index (χ4v) is 2.68. The summed E-state index contributed by atoms with van der Waals surface area (Å²) in [5.74, 6) is 0. The second kappa shape index (κ2) is 9.85. The monoisotopic (exact) mass is 339 g/mol. The lowest BCUT2D eigenvalue weighted by Crippen LogP contribution is -1.98. The second-order valence-electron chi connectivity index (χ2n) is 5.71. The van der Waals surface area contributed by atoms with E-state index in [-0.39, 0.29) is 0 Å².